The van der Waals surface area contributed by atoms with Crippen LogP contribution in [0.2, 0.25) is 0 Å². The van der Waals surface area contributed by atoms with Crippen molar-refractivity contribution in [1.29, 1.82) is 0 Å². The summed E-state index contributed by atoms with van der Waals surface area (Å²) in [6.45, 7) is 4.15. The first-order valence-corrected chi connectivity index (χ1v) is 6.37. The molecule has 0 aliphatic heterocycles. The van der Waals surface area contributed by atoms with Crippen LogP contribution in [-0.2, 0) is 9.53 Å². The van der Waals surface area contributed by atoms with Crippen LogP contribution in [0, 0.1) is 0 Å². The van der Waals surface area contributed by atoms with Crippen molar-refractivity contribution in [3.63, 3.8) is 0 Å². The van der Waals surface area contributed by atoms with Gasteiger partial charge in [-0.25, -0.2) is 4.79 Å². The number of para-hydroxylation sites is 1. The van der Waals surface area contributed by atoms with Gasteiger partial charge in [0.15, 0.2) is 6.61 Å². The van der Waals surface area contributed by atoms with Crippen molar-refractivity contribution in [2.75, 3.05) is 26.3 Å². The van der Waals surface area contributed by atoms with Gasteiger partial charge < -0.3 is 14.8 Å². The Morgan fingerprint density at radius 2 is 2.00 bits per heavy atom. The summed E-state index contributed by atoms with van der Waals surface area (Å²) in [7, 11) is 0. The van der Waals surface area contributed by atoms with Crippen molar-refractivity contribution in [1.82, 2.24) is 5.32 Å². The maximum atomic E-state index is 11.3. The normalized spacial score (nSPS) is 10.1. The van der Waals surface area contributed by atoms with Crippen LogP contribution in [-0.4, -0.2) is 32.3 Å². The maximum absolute atomic E-state index is 11.3. The van der Waals surface area contributed by atoms with Gasteiger partial charge in [-0.1, -0.05) is 31.5 Å². The molecular weight excluding hydrogens is 230 g/mol. The predicted molar refractivity (Wildman–Crippen MR) is 70.7 cm³/mol. The van der Waals surface area contributed by atoms with Gasteiger partial charge in [0.05, 0.1) is 0 Å². The molecule has 0 atom stereocenters. The zero-order valence-electron chi connectivity index (χ0n) is 10.9. The Morgan fingerprint density at radius 3 is 2.72 bits per heavy atom. The second-order valence-electron chi connectivity index (χ2n) is 3.93. The third-order valence-corrected chi connectivity index (χ3v) is 2.35. The smallest absolute Gasteiger partial charge is 0.344 e. The van der Waals surface area contributed by atoms with Gasteiger partial charge in [-0.3, -0.25) is 0 Å². The quantitative estimate of drug-likeness (QED) is 0.538. The number of unbranched alkanes of at least 4 members (excludes halogenated alkanes) is 1. The fourth-order valence-corrected chi connectivity index (χ4v) is 1.36. The van der Waals surface area contributed by atoms with Crippen molar-refractivity contribution in [3.05, 3.63) is 30.3 Å². The van der Waals surface area contributed by atoms with E-state index in [2.05, 4.69) is 12.2 Å². The van der Waals surface area contributed by atoms with Gasteiger partial charge in [0, 0.05) is 6.54 Å². The molecule has 0 amide bonds. The summed E-state index contributed by atoms with van der Waals surface area (Å²) in [6, 6.07) is 9.23. The fourth-order valence-electron chi connectivity index (χ4n) is 1.36. The summed E-state index contributed by atoms with van der Waals surface area (Å²) in [5, 5.41) is 3.20. The molecule has 100 valence electrons. The molecular formula is C14H21NO3. The van der Waals surface area contributed by atoms with Gasteiger partial charge in [-0.05, 0) is 25.1 Å². The largest absolute Gasteiger partial charge is 0.482 e. The summed E-state index contributed by atoms with van der Waals surface area (Å²) < 4.78 is 10.3. The minimum absolute atomic E-state index is 0.0427. The van der Waals surface area contributed by atoms with Crippen LogP contribution in [0.1, 0.15) is 19.8 Å². The molecule has 4 nitrogen and oxygen atoms in total. The van der Waals surface area contributed by atoms with E-state index >= 15 is 0 Å². The summed E-state index contributed by atoms with van der Waals surface area (Å²) in [5.74, 6) is 0.340. The summed E-state index contributed by atoms with van der Waals surface area (Å²) in [5.41, 5.74) is 0. The molecule has 0 saturated heterocycles. The number of esters is 1. The highest BCUT2D eigenvalue weighted by atomic mass is 16.6. The lowest BCUT2D eigenvalue weighted by Gasteiger charge is -2.07. The van der Waals surface area contributed by atoms with Gasteiger partial charge in [-0.2, -0.15) is 0 Å². The van der Waals surface area contributed by atoms with Crippen molar-refractivity contribution in [2.24, 2.45) is 0 Å². The zero-order chi connectivity index (χ0) is 13.1. The molecule has 0 fully saturated rings. The van der Waals surface area contributed by atoms with Crippen LogP contribution in [0.4, 0.5) is 0 Å². The molecule has 0 aliphatic rings. The number of carbonyl (C=O) groups excluding carboxylic acids is 1. The van der Waals surface area contributed by atoms with E-state index < -0.39 is 0 Å². The minimum Gasteiger partial charge on any atom is -0.482 e. The van der Waals surface area contributed by atoms with E-state index in [0.29, 0.717) is 18.9 Å². The molecule has 1 rings (SSSR count). The Hall–Kier alpha value is -1.55. The molecule has 0 saturated carbocycles. The predicted octanol–water partition coefficient (Wildman–Crippen LogP) is 2.00. The van der Waals surface area contributed by atoms with Crippen molar-refractivity contribution in [3.8, 4) is 5.75 Å². The third kappa shape index (κ3) is 6.91. The minimum atomic E-state index is -0.337. The van der Waals surface area contributed by atoms with Gasteiger partial charge >= 0.3 is 5.97 Å². The topological polar surface area (TPSA) is 47.6 Å². The lowest BCUT2D eigenvalue weighted by Crippen LogP contribution is -2.24. The molecule has 0 bridgehead atoms. The molecule has 1 N–H and O–H groups in total. The number of ether oxygens (including phenoxy) is 2. The van der Waals surface area contributed by atoms with Crippen LogP contribution in [0.3, 0.4) is 0 Å². The molecule has 1 aromatic rings. The van der Waals surface area contributed by atoms with Gasteiger partial charge in [0.25, 0.3) is 0 Å². The number of hydrogen-bond donors (Lipinski definition) is 1. The third-order valence-electron chi connectivity index (χ3n) is 2.35. The Morgan fingerprint density at radius 1 is 1.22 bits per heavy atom. The Kier molecular flexibility index (Phi) is 7.64. The summed E-state index contributed by atoms with van der Waals surface area (Å²) in [4.78, 5) is 11.3. The van der Waals surface area contributed by atoms with E-state index in [1.807, 2.05) is 18.2 Å². The molecule has 0 aromatic heterocycles. The van der Waals surface area contributed by atoms with E-state index in [9.17, 15) is 4.79 Å². The van der Waals surface area contributed by atoms with Crippen LogP contribution < -0.4 is 10.1 Å². The molecule has 1 aromatic carbocycles. The highest BCUT2D eigenvalue weighted by molar-refractivity contribution is 5.71. The standard InChI is InChI=1S/C14H21NO3/c1-2-3-9-15-10-11-17-14(16)12-18-13-7-5-4-6-8-13/h4-8,15H,2-3,9-12H2,1H3. The van der Waals surface area contributed by atoms with Crippen molar-refractivity contribution in [2.45, 2.75) is 19.8 Å². The molecule has 0 unspecified atom stereocenters. The highest BCUT2D eigenvalue weighted by Crippen LogP contribution is 2.07. The summed E-state index contributed by atoms with van der Waals surface area (Å²) in [6.07, 6.45) is 2.31. The average molecular weight is 251 g/mol. The number of hydrogen-bond acceptors (Lipinski definition) is 4. The molecule has 0 spiro atoms. The number of benzene rings is 1. The summed E-state index contributed by atoms with van der Waals surface area (Å²) >= 11 is 0. The van der Waals surface area contributed by atoms with E-state index in [1.54, 1.807) is 12.1 Å². The first-order valence-electron chi connectivity index (χ1n) is 6.37. The molecule has 4 heteroatoms. The van der Waals surface area contributed by atoms with Crippen LogP contribution in [0.5, 0.6) is 5.75 Å². The lowest BCUT2D eigenvalue weighted by molar-refractivity contribution is -0.145. The fraction of sp³-hybridized carbons (Fsp3) is 0.500. The van der Waals surface area contributed by atoms with E-state index in [-0.39, 0.29) is 12.6 Å². The lowest BCUT2D eigenvalue weighted by atomic mass is 10.3. The van der Waals surface area contributed by atoms with Crippen LogP contribution >= 0.6 is 0 Å². The van der Waals surface area contributed by atoms with E-state index in [0.717, 1.165) is 19.4 Å². The number of nitrogens with one attached hydrogen (secondary N) is 1. The highest BCUT2D eigenvalue weighted by Gasteiger charge is 2.03. The second kappa shape index (κ2) is 9.48. The first-order chi connectivity index (χ1) is 8.83. The van der Waals surface area contributed by atoms with Crippen LogP contribution in [0.15, 0.2) is 30.3 Å². The van der Waals surface area contributed by atoms with Crippen molar-refractivity contribution < 1.29 is 14.3 Å². The molecule has 0 heterocycles. The second-order valence-corrected chi connectivity index (χ2v) is 3.93. The van der Waals surface area contributed by atoms with E-state index in [4.69, 9.17) is 9.47 Å². The first kappa shape index (κ1) is 14.5. The number of rotatable bonds is 9. The SMILES string of the molecule is CCCCNCCOC(=O)COc1ccccc1. The van der Waals surface area contributed by atoms with Gasteiger partial charge in [-0.15, -0.1) is 0 Å². The molecule has 18 heavy (non-hydrogen) atoms. The Balaban J connectivity index is 2.01. The number of carbonyl (C=O) groups is 1. The monoisotopic (exact) mass is 251 g/mol. The van der Waals surface area contributed by atoms with Crippen LogP contribution in [0.25, 0.3) is 0 Å². The molecule has 0 radical (unpaired) electrons. The van der Waals surface area contributed by atoms with E-state index in [1.165, 1.54) is 0 Å². The molecule has 0 aliphatic carbocycles. The zero-order valence-corrected chi connectivity index (χ0v) is 10.9. The van der Waals surface area contributed by atoms with Gasteiger partial charge in [0.2, 0.25) is 0 Å². The average Bonchev–Trinajstić information content (AvgIpc) is 2.41. The maximum Gasteiger partial charge on any atom is 0.344 e. The van der Waals surface area contributed by atoms with Gasteiger partial charge in [0.1, 0.15) is 12.4 Å². The Bertz CT molecular complexity index is 327. The Labute approximate surface area is 108 Å². The van der Waals surface area contributed by atoms with Crippen molar-refractivity contribution >= 4 is 5.97 Å².